The van der Waals surface area contributed by atoms with Gasteiger partial charge in [-0.05, 0) is 39.0 Å². The van der Waals surface area contributed by atoms with Crippen molar-refractivity contribution in [2.75, 3.05) is 19.7 Å². The van der Waals surface area contributed by atoms with Gasteiger partial charge in [-0.15, -0.1) is 0 Å². The van der Waals surface area contributed by atoms with E-state index in [-0.39, 0.29) is 17.6 Å². The van der Waals surface area contributed by atoms with Crippen molar-refractivity contribution >= 4 is 5.97 Å². The van der Waals surface area contributed by atoms with E-state index in [1.54, 1.807) is 0 Å². The lowest BCUT2D eigenvalue weighted by molar-refractivity contribution is -0.151. The number of nitrogens with zero attached hydrogens (tertiary/aromatic N) is 1. The standard InChI is InChI=1S/C16H29NO3/c1-4-5-12-6-7-13(15(18)19)14(10-12)17-8-9-20-16(2,3)11-17/h12-14H,4-11H2,1-3H3,(H,18,19). The number of morpholine rings is 1. The molecule has 0 aromatic carbocycles. The number of aliphatic carboxylic acids is 1. The van der Waals surface area contributed by atoms with Crippen LogP contribution in [0.5, 0.6) is 0 Å². The van der Waals surface area contributed by atoms with Crippen molar-refractivity contribution in [1.82, 2.24) is 4.90 Å². The Morgan fingerprint density at radius 1 is 1.40 bits per heavy atom. The second-order valence-corrected chi connectivity index (χ2v) is 7.06. The molecule has 1 aliphatic heterocycles. The lowest BCUT2D eigenvalue weighted by Crippen LogP contribution is -2.56. The van der Waals surface area contributed by atoms with Crippen molar-refractivity contribution in [3.63, 3.8) is 0 Å². The highest BCUT2D eigenvalue weighted by Crippen LogP contribution is 2.36. The molecule has 0 aromatic rings. The summed E-state index contributed by atoms with van der Waals surface area (Å²) in [4.78, 5) is 14.0. The normalized spacial score (nSPS) is 34.9. The summed E-state index contributed by atoms with van der Waals surface area (Å²) in [6.07, 6.45) is 5.39. The summed E-state index contributed by atoms with van der Waals surface area (Å²) in [5.41, 5.74) is -0.154. The summed E-state index contributed by atoms with van der Waals surface area (Å²) >= 11 is 0. The highest BCUT2D eigenvalue weighted by atomic mass is 16.5. The molecular formula is C16H29NO3. The van der Waals surface area contributed by atoms with Crippen LogP contribution in [-0.4, -0.2) is 47.3 Å². The van der Waals surface area contributed by atoms with Gasteiger partial charge in [-0.25, -0.2) is 0 Å². The van der Waals surface area contributed by atoms with Gasteiger partial charge in [0.2, 0.25) is 0 Å². The molecule has 0 amide bonds. The summed E-state index contributed by atoms with van der Waals surface area (Å²) in [6, 6.07) is 0.195. The third kappa shape index (κ3) is 3.73. The number of carbonyl (C=O) groups is 1. The van der Waals surface area contributed by atoms with Gasteiger partial charge in [-0.1, -0.05) is 19.8 Å². The Labute approximate surface area is 122 Å². The Morgan fingerprint density at radius 3 is 2.75 bits per heavy atom. The van der Waals surface area contributed by atoms with Gasteiger partial charge < -0.3 is 9.84 Å². The van der Waals surface area contributed by atoms with Crippen molar-refractivity contribution in [3.8, 4) is 0 Å². The van der Waals surface area contributed by atoms with Crippen LogP contribution in [0.25, 0.3) is 0 Å². The molecule has 1 saturated carbocycles. The Kier molecular flexibility index (Phi) is 5.08. The molecule has 3 unspecified atom stereocenters. The maximum atomic E-state index is 11.6. The Bertz CT molecular complexity index is 343. The molecule has 2 fully saturated rings. The number of hydrogen-bond donors (Lipinski definition) is 1. The minimum absolute atomic E-state index is 0.154. The first-order chi connectivity index (χ1) is 9.43. The smallest absolute Gasteiger partial charge is 0.308 e. The number of carboxylic acid groups (broad SMARTS) is 1. The van der Waals surface area contributed by atoms with E-state index in [1.165, 1.54) is 12.8 Å². The second kappa shape index (κ2) is 6.44. The van der Waals surface area contributed by atoms with Crippen LogP contribution in [0.15, 0.2) is 0 Å². The van der Waals surface area contributed by atoms with Crippen molar-refractivity contribution in [1.29, 1.82) is 0 Å². The molecule has 0 aromatic heterocycles. The number of rotatable bonds is 4. The minimum atomic E-state index is -0.616. The van der Waals surface area contributed by atoms with E-state index in [0.29, 0.717) is 12.5 Å². The maximum absolute atomic E-state index is 11.6. The topological polar surface area (TPSA) is 49.8 Å². The summed E-state index contributed by atoms with van der Waals surface area (Å²) in [5.74, 6) is -0.113. The number of ether oxygens (including phenoxy) is 1. The van der Waals surface area contributed by atoms with E-state index < -0.39 is 5.97 Å². The fourth-order valence-electron chi connectivity index (χ4n) is 3.93. The van der Waals surface area contributed by atoms with Crippen LogP contribution >= 0.6 is 0 Å². The fraction of sp³-hybridized carbons (Fsp3) is 0.938. The number of carboxylic acids is 1. The van der Waals surface area contributed by atoms with Gasteiger partial charge >= 0.3 is 5.97 Å². The van der Waals surface area contributed by atoms with Crippen molar-refractivity contribution < 1.29 is 14.6 Å². The molecule has 0 radical (unpaired) electrons. The average molecular weight is 283 g/mol. The highest BCUT2D eigenvalue weighted by Gasteiger charge is 2.41. The molecule has 0 spiro atoms. The predicted octanol–water partition coefficient (Wildman–Crippen LogP) is 2.77. The van der Waals surface area contributed by atoms with Crippen molar-refractivity contribution in [3.05, 3.63) is 0 Å². The van der Waals surface area contributed by atoms with E-state index >= 15 is 0 Å². The van der Waals surface area contributed by atoms with Crippen LogP contribution in [0.4, 0.5) is 0 Å². The van der Waals surface area contributed by atoms with Crippen LogP contribution < -0.4 is 0 Å². The summed E-state index contributed by atoms with van der Waals surface area (Å²) in [6.45, 7) is 8.85. The summed E-state index contributed by atoms with van der Waals surface area (Å²) in [7, 11) is 0. The minimum Gasteiger partial charge on any atom is -0.481 e. The average Bonchev–Trinajstić information content (AvgIpc) is 2.37. The first kappa shape index (κ1) is 15.8. The SMILES string of the molecule is CCCC1CCC(C(=O)O)C(N2CCOC(C)(C)C2)C1. The molecule has 1 saturated heterocycles. The Morgan fingerprint density at radius 2 is 2.15 bits per heavy atom. The maximum Gasteiger partial charge on any atom is 0.308 e. The van der Waals surface area contributed by atoms with E-state index in [0.717, 1.165) is 32.4 Å². The second-order valence-electron chi connectivity index (χ2n) is 7.06. The monoisotopic (exact) mass is 283 g/mol. The van der Waals surface area contributed by atoms with Crippen molar-refractivity contribution in [2.45, 2.75) is 64.5 Å². The number of hydrogen-bond acceptors (Lipinski definition) is 3. The van der Waals surface area contributed by atoms with Crippen LogP contribution in [0.1, 0.15) is 52.9 Å². The van der Waals surface area contributed by atoms with Crippen molar-refractivity contribution in [2.24, 2.45) is 11.8 Å². The van der Waals surface area contributed by atoms with E-state index in [4.69, 9.17) is 4.74 Å². The first-order valence-corrected chi connectivity index (χ1v) is 8.04. The van der Waals surface area contributed by atoms with Crippen LogP contribution in [0.2, 0.25) is 0 Å². The third-order valence-corrected chi connectivity index (χ3v) is 4.86. The molecule has 20 heavy (non-hydrogen) atoms. The van der Waals surface area contributed by atoms with E-state index in [2.05, 4.69) is 25.7 Å². The lowest BCUT2D eigenvalue weighted by Gasteiger charge is -2.46. The molecule has 2 aliphatic rings. The van der Waals surface area contributed by atoms with Gasteiger partial charge in [-0.2, -0.15) is 0 Å². The summed E-state index contributed by atoms with van der Waals surface area (Å²) < 4.78 is 5.77. The first-order valence-electron chi connectivity index (χ1n) is 8.04. The Balaban J connectivity index is 2.08. The van der Waals surface area contributed by atoms with Gasteiger partial charge in [0.15, 0.2) is 0 Å². The van der Waals surface area contributed by atoms with Gasteiger partial charge in [0.1, 0.15) is 0 Å². The quantitative estimate of drug-likeness (QED) is 0.862. The Hall–Kier alpha value is -0.610. The fourth-order valence-corrected chi connectivity index (χ4v) is 3.93. The zero-order valence-electron chi connectivity index (χ0n) is 13.1. The molecule has 1 aliphatic carbocycles. The van der Waals surface area contributed by atoms with E-state index in [9.17, 15) is 9.90 Å². The molecule has 1 N–H and O–H groups in total. The molecule has 116 valence electrons. The van der Waals surface area contributed by atoms with Gasteiger partial charge in [0, 0.05) is 19.1 Å². The van der Waals surface area contributed by atoms with Crippen LogP contribution in [-0.2, 0) is 9.53 Å². The highest BCUT2D eigenvalue weighted by molar-refractivity contribution is 5.71. The predicted molar refractivity (Wildman–Crippen MR) is 78.8 cm³/mol. The molecule has 0 bridgehead atoms. The van der Waals surface area contributed by atoms with Crippen LogP contribution in [0, 0.1) is 11.8 Å². The lowest BCUT2D eigenvalue weighted by atomic mass is 9.75. The van der Waals surface area contributed by atoms with Gasteiger partial charge in [0.05, 0.1) is 18.1 Å². The zero-order chi connectivity index (χ0) is 14.8. The van der Waals surface area contributed by atoms with Gasteiger partial charge in [-0.3, -0.25) is 9.69 Å². The van der Waals surface area contributed by atoms with E-state index in [1.807, 2.05) is 0 Å². The largest absolute Gasteiger partial charge is 0.481 e. The summed E-state index contributed by atoms with van der Waals surface area (Å²) in [5, 5.41) is 9.53. The molecule has 1 heterocycles. The van der Waals surface area contributed by atoms with Crippen LogP contribution in [0.3, 0.4) is 0 Å². The van der Waals surface area contributed by atoms with Gasteiger partial charge in [0.25, 0.3) is 0 Å². The zero-order valence-corrected chi connectivity index (χ0v) is 13.1. The third-order valence-electron chi connectivity index (χ3n) is 4.86. The molecular weight excluding hydrogens is 254 g/mol. The molecule has 4 nitrogen and oxygen atoms in total. The molecule has 2 rings (SSSR count). The molecule has 3 atom stereocenters. The molecule has 4 heteroatoms.